The van der Waals surface area contributed by atoms with E-state index in [4.69, 9.17) is 19.2 Å². The third kappa shape index (κ3) is 4.35. The fourth-order valence-corrected chi connectivity index (χ4v) is 4.29. The molecule has 0 N–H and O–H groups in total. The minimum atomic E-state index is -0.680. The number of unbranched alkanes of at least 4 members (excludes halogenated alkanes) is 1. The zero-order valence-electron chi connectivity index (χ0n) is 20.8. The normalized spacial score (nSPS) is 12.9. The van der Waals surface area contributed by atoms with Crippen molar-refractivity contribution >= 4 is 28.6 Å². The third-order valence-electron chi connectivity index (χ3n) is 6.16. The van der Waals surface area contributed by atoms with E-state index in [0.29, 0.717) is 35.8 Å². The van der Waals surface area contributed by atoms with Gasteiger partial charge in [-0.15, -0.1) is 0 Å². The number of esters is 1. The monoisotopic (exact) mass is 502 g/mol. The Kier molecular flexibility index (Phi) is 6.47. The van der Waals surface area contributed by atoms with Gasteiger partial charge in [0.05, 0.1) is 12.0 Å². The summed E-state index contributed by atoms with van der Waals surface area (Å²) >= 11 is 0. The number of carbonyl (C=O) groups is 2. The summed E-state index contributed by atoms with van der Waals surface area (Å²) in [5.74, 6) is -0.275. The van der Waals surface area contributed by atoms with Crippen molar-refractivity contribution < 1.29 is 23.8 Å². The van der Waals surface area contributed by atoms with Crippen LogP contribution < -0.4 is 20.5 Å². The number of fused-ring (bicyclic) bond motifs is 3. The van der Waals surface area contributed by atoms with Crippen LogP contribution in [0, 0.1) is 6.92 Å². The lowest BCUT2D eigenvalue weighted by atomic mass is 10.1. The summed E-state index contributed by atoms with van der Waals surface area (Å²) in [6.45, 7) is 6.16. The highest BCUT2D eigenvalue weighted by Crippen LogP contribution is 2.32. The minimum Gasteiger partial charge on any atom is -0.462 e. The van der Waals surface area contributed by atoms with Gasteiger partial charge in [-0.05, 0) is 56.2 Å². The smallest absolute Gasteiger partial charge is 0.341 e. The molecule has 37 heavy (non-hydrogen) atoms. The molecule has 1 aliphatic rings. The maximum atomic E-state index is 13.5. The van der Waals surface area contributed by atoms with Crippen molar-refractivity contribution in [1.29, 1.82) is 0 Å². The molecule has 1 aliphatic heterocycles. The molecule has 0 saturated heterocycles. The topological polar surface area (TPSA) is 113 Å². The number of aryl methyl sites for hydroxylation is 2. The Balaban J connectivity index is 1.83. The van der Waals surface area contributed by atoms with Gasteiger partial charge in [0.25, 0.3) is 11.5 Å². The third-order valence-corrected chi connectivity index (χ3v) is 6.16. The summed E-state index contributed by atoms with van der Waals surface area (Å²) in [6, 6.07) is 9.83. The summed E-state index contributed by atoms with van der Waals surface area (Å²) in [7, 11) is 0. The summed E-state index contributed by atoms with van der Waals surface area (Å²) < 4.78 is 19.1. The summed E-state index contributed by atoms with van der Waals surface area (Å²) in [4.78, 5) is 49.0. The number of aromatic nitrogens is 3. The molecule has 0 saturated carbocycles. The van der Waals surface area contributed by atoms with E-state index in [9.17, 15) is 14.4 Å². The second-order valence-corrected chi connectivity index (χ2v) is 8.63. The molecular formula is C27H26N4O6. The van der Waals surface area contributed by atoms with Crippen molar-refractivity contribution in [3.8, 4) is 11.5 Å². The van der Waals surface area contributed by atoms with Crippen molar-refractivity contribution in [3.05, 3.63) is 75.1 Å². The number of nitrogens with zero attached hydrogens (tertiary/aromatic N) is 4. The van der Waals surface area contributed by atoms with Gasteiger partial charge in [0, 0.05) is 18.3 Å². The lowest BCUT2D eigenvalue weighted by Crippen LogP contribution is -2.33. The Morgan fingerprint density at radius 1 is 1.11 bits per heavy atom. The van der Waals surface area contributed by atoms with Crippen LogP contribution in [-0.2, 0) is 11.3 Å². The minimum absolute atomic E-state index is 0.0195. The van der Waals surface area contributed by atoms with Gasteiger partial charge in [0.15, 0.2) is 17.0 Å². The summed E-state index contributed by atoms with van der Waals surface area (Å²) in [5.41, 5.74) is 1.70. The molecule has 5 rings (SSSR count). The van der Waals surface area contributed by atoms with E-state index in [-0.39, 0.29) is 41.0 Å². The first kappa shape index (κ1) is 24.2. The fraction of sp³-hybridized carbons (Fsp3) is 0.296. The molecule has 10 nitrogen and oxygen atoms in total. The summed E-state index contributed by atoms with van der Waals surface area (Å²) in [6.07, 6.45) is 3.18. The van der Waals surface area contributed by atoms with E-state index >= 15 is 0 Å². The Labute approximate surface area is 211 Å². The number of ether oxygens (including phenoxy) is 3. The standard InChI is InChI=1S/C27H26N4O6/c1-4-6-11-30-23-18(26(33)31-12-7-8-16(3)22(31)28-23)14-19(27(34)35-5-2)24(30)29-25(32)17-9-10-20-21(13-17)37-15-36-20/h7-10,12-14H,4-6,11,15H2,1-3H3. The lowest BCUT2D eigenvalue weighted by Gasteiger charge is -2.15. The number of hydrogen-bond donors (Lipinski definition) is 0. The van der Waals surface area contributed by atoms with Gasteiger partial charge in [0.2, 0.25) is 6.79 Å². The van der Waals surface area contributed by atoms with Crippen LogP contribution in [0.15, 0.2) is 52.4 Å². The quantitative estimate of drug-likeness (QED) is 0.293. The van der Waals surface area contributed by atoms with Gasteiger partial charge in [-0.1, -0.05) is 19.4 Å². The predicted octanol–water partition coefficient (Wildman–Crippen LogP) is 3.40. The van der Waals surface area contributed by atoms with Gasteiger partial charge >= 0.3 is 5.97 Å². The van der Waals surface area contributed by atoms with E-state index in [1.807, 2.05) is 19.9 Å². The molecule has 0 atom stereocenters. The van der Waals surface area contributed by atoms with Crippen molar-refractivity contribution in [1.82, 2.24) is 14.0 Å². The van der Waals surface area contributed by atoms with Gasteiger partial charge in [-0.3, -0.25) is 14.0 Å². The van der Waals surface area contributed by atoms with E-state index < -0.39 is 11.9 Å². The average Bonchev–Trinajstić information content (AvgIpc) is 3.37. The van der Waals surface area contributed by atoms with Crippen LogP contribution >= 0.6 is 0 Å². The van der Waals surface area contributed by atoms with Crippen LogP contribution in [0.5, 0.6) is 11.5 Å². The van der Waals surface area contributed by atoms with Crippen molar-refractivity contribution in [2.75, 3.05) is 13.4 Å². The molecule has 0 unspecified atom stereocenters. The Morgan fingerprint density at radius 2 is 1.92 bits per heavy atom. The highest BCUT2D eigenvalue weighted by molar-refractivity contribution is 5.97. The van der Waals surface area contributed by atoms with Gasteiger partial charge < -0.3 is 18.8 Å². The first-order valence-electron chi connectivity index (χ1n) is 12.1. The number of pyridine rings is 2. The Bertz CT molecular complexity index is 1680. The number of hydrogen-bond acceptors (Lipinski definition) is 7. The fourth-order valence-electron chi connectivity index (χ4n) is 4.29. The lowest BCUT2D eigenvalue weighted by molar-refractivity contribution is 0.0523. The maximum Gasteiger partial charge on any atom is 0.341 e. The van der Waals surface area contributed by atoms with Crippen LogP contribution in [0.2, 0.25) is 0 Å². The van der Waals surface area contributed by atoms with Crippen LogP contribution in [0.4, 0.5) is 0 Å². The highest BCUT2D eigenvalue weighted by atomic mass is 16.7. The largest absolute Gasteiger partial charge is 0.462 e. The first-order chi connectivity index (χ1) is 17.9. The molecule has 10 heteroatoms. The van der Waals surface area contributed by atoms with Crippen molar-refractivity contribution in [2.24, 2.45) is 4.99 Å². The highest BCUT2D eigenvalue weighted by Gasteiger charge is 2.21. The van der Waals surface area contributed by atoms with E-state index in [1.54, 1.807) is 42.0 Å². The van der Waals surface area contributed by atoms with Crippen molar-refractivity contribution in [3.63, 3.8) is 0 Å². The molecule has 0 fully saturated rings. The number of carbonyl (C=O) groups excluding carboxylic acids is 2. The molecule has 0 radical (unpaired) electrons. The molecule has 3 aromatic heterocycles. The van der Waals surface area contributed by atoms with Crippen LogP contribution in [-0.4, -0.2) is 39.2 Å². The molecule has 4 heterocycles. The second-order valence-electron chi connectivity index (χ2n) is 8.63. The number of benzene rings is 1. The van der Waals surface area contributed by atoms with E-state index in [0.717, 1.165) is 12.0 Å². The zero-order valence-corrected chi connectivity index (χ0v) is 20.8. The van der Waals surface area contributed by atoms with Crippen LogP contribution in [0.1, 0.15) is 53.0 Å². The molecule has 0 aliphatic carbocycles. The van der Waals surface area contributed by atoms with E-state index in [1.165, 1.54) is 10.5 Å². The molecule has 1 amide bonds. The number of rotatable bonds is 6. The van der Waals surface area contributed by atoms with Crippen molar-refractivity contribution in [2.45, 2.75) is 40.2 Å². The molecule has 0 spiro atoms. The first-order valence-corrected chi connectivity index (χ1v) is 12.1. The van der Waals surface area contributed by atoms with Crippen LogP contribution in [0.3, 0.4) is 0 Å². The summed E-state index contributed by atoms with van der Waals surface area (Å²) in [5, 5.41) is 0.233. The number of amides is 1. The SMILES string of the molecule is CCCCn1c(=NC(=O)c2ccc3c(c2)OCO3)c(C(=O)OCC)cc2c(=O)n3cccc(C)c3nc21. The second kappa shape index (κ2) is 9.88. The molecule has 1 aromatic carbocycles. The molecule has 190 valence electrons. The van der Waals surface area contributed by atoms with Gasteiger partial charge in [-0.2, -0.15) is 4.99 Å². The molecular weight excluding hydrogens is 476 g/mol. The van der Waals surface area contributed by atoms with Crippen LogP contribution in [0.25, 0.3) is 16.7 Å². The van der Waals surface area contributed by atoms with E-state index in [2.05, 4.69) is 4.99 Å². The Hall–Kier alpha value is -4.47. The van der Waals surface area contributed by atoms with Gasteiger partial charge in [-0.25, -0.2) is 9.78 Å². The average molecular weight is 503 g/mol. The predicted molar refractivity (Wildman–Crippen MR) is 135 cm³/mol. The zero-order chi connectivity index (χ0) is 26.1. The molecule has 4 aromatic rings. The van der Waals surface area contributed by atoms with Gasteiger partial charge in [0.1, 0.15) is 16.9 Å². The Morgan fingerprint density at radius 3 is 2.70 bits per heavy atom. The maximum absolute atomic E-state index is 13.5. The molecule has 0 bridgehead atoms.